The Bertz CT molecular complexity index is 1000. The Balaban J connectivity index is 1.96. The van der Waals surface area contributed by atoms with Gasteiger partial charge in [-0.05, 0) is 18.1 Å². The number of rotatable bonds is 6. The molecule has 2 unspecified atom stereocenters. The SMILES string of the molecule is C=Cc1cccc([N+](=O)[O-])c1CC1C(=O)N(C)C(C)(Cc2ccccc2)C(=O)N1C. The minimum Gasteiger partial charge on any atom is -0.331 e. The van der Waals surface area contributed by atoms with Gasteiger partial charge in [-0.25, -0.2) is 0 Å². The first-order valence-electron chi connectivity index (χ1n) is 9.68. The predicted molar refractivity (Wildman–Crippen MR) is 115 cm³/mol. The number of benzene rings is 2. The molecule has 1 aliphatic heterocycles. The summed E-state index contributed by atoms with van der Waals surface area (Å²) in [5, 5.41) is 11.5. The summed E-state index contributed by atoms with van der Waals surface area (Å²) in [4.78, 5) is 40.6. The van der Waals surface area contributed by atoms with Crippen LogP contribution < -0.4 is 0 Å². The lowest BCUT2D eigenvalue weighted by atomic mass is 9.84. The zero-order valence-electron chi connectivity index (χ0n) is 17.4. The summed E-state index contributed by atoms with van der Waals surface area (Å²) >= 11 is 0. The van der Waals surface area contributed by atoms with Crippen LogP contribution in [0.2, 0.25) is 0 Å². The number of likely N-dealkylation sites (N-methyl/N-ethyl adjacent to an activating group) is 2. The highest BCUT2D eigenvalue weighted by Gasteiger charge is 2.51. The van der Waals surface area contributed by atoms with E-state index in [4.69, 9.17) is 0 Å². The molecule has 0 aliphatic carbocycles. The number of amides is 2. The van der Waals surface area contributed by atoms with Crippen molar-refractivity contribution >= 4 is 23.6 Å². The Morgan fingerprint density at radius 2 is 1.80 bits per heavy atom. The van der Waals surface area contributed by atoms with E-state index in [1.54, 1.807) is 33.2 Å². The molecule has 2 aromatic carbocycles. The number of carbonyl (C=O) groups excluding carboxylic acids is 2. The van der Waals surface area contributed by atoms with E-state index in [1.807, 2.05) is 30.3 Å². The van der Waals surface area contributed by atoms with Gasteiger partial charge in [0.05, 0.1) is 4.92 Å². The largest absolute Gasteiger partial charge is 0.331 e. The molecule has 1 aliphatic rings. The summed E-state index contributed by atoms with van der Waals surface area (Å²) in [5.74, 6) is -0.444. The van der Waals surface area contributed by atoms with Gasteiger partial charge >= 0.3 is 0 Å². The second kappa shape index (κ2) is 8.10. The van der Waals surface area contributed by atoms with Crippen LogP contribution in [0.15, 0.2) is 55.1 Å². The Kier molecular flexibility index (Phi) is 5.73. The van der Waals surface area contributed by atoms with Gasteiger partial charge < -0.3 is 9.80 Å². The summed E-state index contributed by atoms with van der Waals surface area (Å²) in [6, 6.07) is 13.4. The van der Waals surface area contributed by atoms with Crippen molar-refractivity contribution in [2.75, 3.05) is 14.1 Å². The summed E-state index contributed by atoms with van der Waals surface area (Å²) < 4.78 is 0. The van der Waals surface area contributed by atoms with Crippen molar-refractivity contribution in [3.05, 3.63) is 81.9 Å². The first-order chi connectivity index (χ1) is 14.2. The number of nitrogens with zero attached hydrogens (tertiary/aromatic N) is 3. The molecule has 7 heteroatoms. The molecule has 1 fully saturated rings. The third-order valence-corrected chi connectivity index (χ3v) is 6.00. The molecule has 2 amide bonds. The van der Waals surface area contributed by atoms with Crippen molar-refractivity contribution in [1.29, 1.82) is 0 Å². The lowest BCUT2D eigenvalue weighted by Crippen LogP contribution is -2.69. The second-order valence-electron chi connectivity index (χ2n) is 7.78. The van der Waals surface area contributed by atoms with Crippen LogP contribution in [0.5, 0.6) is 0 Å². The Morgan fingerprint density at radius 1 is 1.13 bits per heavy atom. The van der Waals surface area contributed by atoms with Crippen molar-refractivity contribution in [2.24, 2.45) is 0 Å². The van der Waals surface area contributed by atoms with Gasteiger partial charge in [0.1, 0.15) is 11.6 Å². The molecule has 0 spiro atoms. The van der Waals surface area contributed by atoms with Crippen molar-refractivity contribution in [1.82, 2.24) is 9.80 Å². The van der Waals surface area contributed by atoms with Gasteiger partial charge in [0.2, 0.25) is 11.8 Å². The van der Waals surface area contributed by atoms with Gasteiger partial charge in [0.15, 0.2) is 0 Å². The predicted octanol–water partition coefficient (Wildman–Crippen LogP) is 3.08. The number of hydrogen-bond acceptors (Lipinski definition) is 4. The molecule has 3 rings (SSSR count). The fourth-order valence-corrected chi connectivity index (χ4v) is 4.08. The second-order valence-corrected chi connectivity index (χ2v) is 7.78. The number of hydrogen-bond donors (Lipinski definition) is 0. The first kappa shape index (κ1) is 21.2. The normalized spacial score (nSPS) is 21.6. The smallest absolute Gasteiger partial charge is 0.273 e. The van der Waals surface area contributed by atoms with E-state index in [9.17, 15) is 19.7 Å². The molecule has 1 heterocycles. The molecule has 30 heavy (non-hydrogen) atoms. The molecule has 7 nitrogen and oxygen atoms in total. The van der Waals surface area contributed by atoms with E-state index >= 15 is 0 Å². The van der Waals surface area contributed by atoms with Crippen molar-refractivity contribution in [3.8, 4) is 0 Å². The maximum Gasteiger partial charge on any atom is 0.273 e. The zero-order valence-corrected chi connectivity index (χ0v) is 17.4. The summed E-state index contributed by atoms with van der Waals surface area (Å²) in [7, 11) is 3.21. The molecule has 2 atom stereocenters. The van der Waals surface area contributed by atoms with Gasteiger partial charge in [-0.1, -0.05) is 55.1 Å². The van der Waals surface area contributed by atoms with E-state index in [0.717, 1.165) is 5.56 Å². The van der Waals surface area contributed by atoms with Gasteiger partial charge in [-0.3, -0.25) is 19.7 Å². The van der Waals surface area contributed by atoms with Gasteiger partial charge in [0, 0.05) is 38.6 Å². The Hall–Kier alpha value is -3.48. The Labute approximate surface area is 175 Å². The van der Waals surface area contributed by atoms with Crippen molar-refractivity contribution < 1.29 is 14.5 Å². The number of piperazine rings is 1. The lowest BCUT2D eigenvalue weighted by Gasteiger charge is -2.48. The third kappa shape index (κ3) is 3.58. The van der Waals surface area contributed by atoms with Gasteiger partial charge in [0.25, 0.3) is 5.69 Å². The van der Waals surface area contributed by atoms with E-state index < -0.39 is 16.5 Å². The highest BCUT2D eigenvalue weighted by Crippen LogP contribution is 2.32. The van der Waals surface area contributed by atoms with E-state index in [0.29, 0.717) is 17.5 Å². The standard InChI is InChI=1S/C23H25N3O4/c1-5-17-12-9-13-19(26(29)30)18(17)14-20-21(27)25(4)23(2,22(28)24(20)3)15-16-10-7-6-8-11-16/h5-13,20H,1,14-15H2,2-4H3. The third-order valence-electron chi connectivity index (χ3n) is 6.00. The van der Waals surface area contributed by atoms with Gasteiger partial charge in [-0.2, -0.15) is 0 Å². The first-order valence-corrected chi connectivity index (χ1v) is 9.68. The molecular weight excluding hydrogens is 382 g/mol. The van der Waals surface area contributed by atoms with E-state index in [2.05, 4.69) is 6.58 Å². The van der Waals surface area contributed by atoms with Crippen molar-refractivity contribution in [3.63, 3.8) is 0 Å². The van der Waals surface area contributed by atoms with Crippen LogP contribution in [0, 0.1) is 10.1 Å². The molecule has 0 saturated carbocycles. The fraction of sp³-hybridized carbons (Fsp3) is 0.304. The van der Waals surface area contributed by atoms with Crippen LogP contribution in [0.3, 0.4) is 0 Å². The van der Waals surface area contributed by atoms with Crippen LogP contribution in [-0.4, -0.2) is 52.2 Å². The molecule has 0 aromatic heterocycles. The lowest BCUT2D eigenvalue weighted by molar-refractivity contribution is -0.385. The summed E-state index contributed by atoms with van der Waals surface area (Å²) in [5.41, 5.74) is 0.815. The van der Waals surface area contributed by atoms with Gasteiger partial charge in [-0.15, -0.1) is 0 Å². The molecule has 2 aromatic rings. The van der Waals surface area contributed by atoms with Crippen LogP contribution in [0.4, 0.5) is 5.69 Å². The molecule has 0 radical (unpaired) electrons. The van der Waals surface area contributed by atoms with Crippen LogP contribution in [0.25, 0.3) is 6.08 Å². The average Bonchev–Trinajstić information content (AvgIpc) is 2.74. The highest BCUT2D eigenvalue weighted by atomic mass is 16.6. The van der Waals surface area contributed by atoms with Crippen LogP contribution in [0.1, 0.15) is 23.6 Å². The van der Waals surface area contributed by atoms with Crippen LogP contribution >= 0.6 is 0 Å². The number of nitro benzene ring substituents is 1. The monoisotopic (exact) mass is 407 g/mol. The van der Waals surface area contributed by atoms with E-state index in [1.165, 1.54) is 21.9 Å². The number of carbonyl (C=O) groups is 2. The average molecular weight is 407 g/mol. The molecule has 0 N–H and O–H groups in total. The van der Waals surface area contributed by atoms with Crippen LogP contribution in [-0.2, 0) is 22.4 Å². The molecule has 156 valence electrons. The maximum atomic E-state index is 13.4. The maximum absolute atomic E-state index is 13.4. The molecule has 1 saturated heterocycles. The topological polar surface area (TPSA) is 83.8 Å². The highest BCUT2D eigenvalue weighted by molar-refractivity contribution is 5.99. The summed E-state index contributed by atoms with van der Waals surface area (Å²) in [6.07, 6.45) is 1.96. The Morgan fingerprint density at radius 3 is 2.40 bits per heavy atom. The molecule has 0 bridgehead atoms. The fourth-order valence-electron chi connectivity index (χ4n) is 4.08. The minimum absolute atomic E-state index is 0.0470. The summed E-state index contributed by atoms with van der Waals surface area (Å²) in [6.45, 7) is 5.48. The van der Waals surface area contributed by atoms with Crippen molar-refractivity contribution in [2.45, 2.75) is 31.3 Å². The zero-order chi connectivity index (χ0) is 22.1. The molecular formula is C23H25N3O4. The minimum atomic E-state index is -1.03. The quantitative estimate of drug-likeness (QED) is 0.544. The van der Waals surface area contributed by atoms with E-state index in [-0.39, 0.29) is 23.9 Å². The number of nitro groups is 1.